The van der Waals surface area contributed by atoms with Gasteiger partial charge in [0.15, 0.2) is 5.82 Å². The lowest BCUT2D eigenvalue weighted by atomic mass is 10.0. The van der Waals surface area contributed by atoms with E-state index in [-0.39, 0.29) is 0 Å². The predicted molar refractivity (Wildman–Crippen MR) is 195 cm³/mol. The minimum Gasteiger partial charge on any atom is -0.456 e. The van der Waals surface area contributed by atoms with Gasteiger partial charge in [-0.15, -0.1) is 0 Å². The molecule has 1 aliphatic rings. The number of benzene rings is 5. The summed E-state index contributed by atoms with van der Waals surface area (Å²) in [7, 11) is 0. The molecule has 9 aromatic rings. The summed E-state index contributed by atoms with van der Waals surface area (Å²) in [6.45, 7) is 0. The van der Waals surface area contributed by atoms with Gasteiger partial charge in [-0.25, -0.2) is 9.99 Å². The van der Waals surface area contributed by atoms with Crippen molar-refractivity contribution in [3.8, 4) is 16.9 Å². The van der Waals surface area contributed by atoms with Gasteiger partial charge in [-0.2, -0.15) is 0 Å². The van der Waals surface area contributed by atoms with Gasteiger partial charge in [0, 0.05) is 33.3 Å². The summed E-state index contributed by atoms with van der Waals surface area (Å²) in [4.78, 5) is 5.40. The van der Waals surface area contributed by atoms with Crippen LogP contribution in [0.3, 0.4) is 0 Å². The zero-order valence-electron chi connectivity index (χ0n) is 25.8. The van der Waals surface area contributed by atoms with Crippen LogP contribution in [0.1, 0.15) is 5.56 Å². The second-order valence-electron chi connectivity index (χ2n) is 12.1. The molecule has 6 nitrogen and oxygen atoms in total. The maximum absolute atomic E-state index is 6.60. The van der Waals surface area contributed by atoms with E-state index in [2.05, 4.69) is 124 Å². The highest BCUT2D eigenvalue weighted by molar-refractivity contribution is 6.19. The topological polar surface area (TPSA) is 59.4 Å². The normalized spacial score (nSPS) is 14.6. The Morgan fingerprint density at radius 3 is 2.21 bits per heavy atom. The summed E-state index contributed by atoms with van der Waals surface area (Å²) in [5.41, 5.74) is 12.1. The van der Waals surface area contributed by atoms with Gasteiger partial charge < -0.3 is 8.83 Å². The van der Waals surface area contributed by atoms with Crippen LogP contribution in [-0.2, 0) is 6.42 Å². The van der Waals surface area contributed by atoms with Crippen LogP contribution >= 0.6 is 0 Å². The molecule has 0 saturated carbocycles. The van der Waals surface area contributed by atoms with E-state index in [1.54, 1.807) is 0 Å². The Morgan fingerprint density at radius 2 is 1.33 bits per heavy atom. The average Bonchev–Trinajstić information content (AvgIpc) is 3.82. The number of rotatable bonds is 3. The molecule has 5 aromatic carbocycles. The van der Waals surface area contributed by atoms with Crippen LogP contribution in [0.4, 0.5) is 11.5 Å². The molecule has 5 heterocycles. The maximum Gasteiger partial charge on any atom is 0.215 e. The first-order valence-corrected chi connectivity index (χ1v) is 16.1. The molecular formula is C42H28N4O2. The Hall–Kier alpha value is -6.53. The Kier molecular flexibility index (Phi) is 5.84. The molecule has 0 bridgehead atoms. The molecule has 0 radical (unpaired) electrons. The molecule has 0 aliphatic carbocycles. The van der Waals surface area contributed by atoms with Crippen LogP contribution in [0.5, 0.6) is 0 Å². The van der Waals surface area contributed by atoms with E-state index in [0.29, 0.717) is 6.42 Å². The molecular weight excluding hydrogens is 592 g/mol. The molecule has 0 fully saturated rings. The van der Waals surface area contributed by atoms with Crippen LogP contribution in [0, 0.1) is 0 Å². The van der Waals surface area contributed by atoms with Gasteiger partial charge in [0.2, 0.25) is 5.71 Å². The van der Waals surface area contributed by atoms with Crippen molar-refractivity contribution in [2.75, 3.05) is 5.01 Å². The Balaban J connectivity index is 1.26. The number of anilines is 2. The van der Waals surface area contributed by atoms with Crippen molar-refractivity contribution < 1.29 is 8.83 Å². The predicted octanol–water partition coefficient (Wildman–Crippen LogP) is 10.8. The van der Waals surface area contributed by atoms with Crippen molar-refractivity contribution in [3.63, 3.8) is 0 Å². The van der Waals surface area contributed by atoms with Gasteiger partial charge in [0.25, 0.3) is 0 Å². The fourth-order valence-electron chi connectivity index (χ4n) is 7.13. The van der Waals surface area contributed by atoms with Crippen molar-refractivity contribution in [2.45, 2.75) is 6.42 Å². The Bertz CT molecular complexity index is 2750. The smallest absolute Gasteiger partial charge is 0.215 e. The standard InChI is InChI=1S/C42H28N4O2/c1-3-13-27(14-4-1)28-25-38(45-34-19-9-6-16-31(34)40-33-18-8-11-21-37(33)48-42(40)45)44-39(26-28)46-35-23-22-30-29-15-7-10-20-36(29)47-41(30)32(35)17-5-2-12-24-43-46/h1-16,18-26,43H,17H2/b5-2-,24-12-. The summed E-state index contributed by atoms with van der Waals surface area (Å²) in [5.74, 6) is 1.49. The van der Waals surface area contributed by atoms with Crippen molar-refractivity contribution >= 4 is 66.4 Å². The number of furan rings is 2. The second-order valence-corrected chi connectivity index (χ2v) is 12.1. The monoisotopic (exact) mass is 620 g/mol. The van der Waals surface area contributed by atoms with Crippen LogP contribution in [-0.4, -0.2) is 9.55 Å². The van der Waals surface area contributed by atoms with Crippen molar-refractivity contribution in [1.29, 1.82) is 0 Å². The molecule has 228 valence electrons. The number of hydrazine groups is 1. The van der Waals surface area contributed by atoms with Crippen molar-refractivity contribution in [3.05, 3.63) is 157 Å². The third-order valence-corrected chi connectivity index (χ3v) is 9.29. The van der Waals surface area contributed by atoms with Gasteiger partial charge in [-0.3, -0.25) is 9.99 Å². The number of para-hydroxylation sites is 3. The van der Waals surface area contributed by atoms with E-state index in [9.17, 15) is 0 Å². The SMILES string of the molecule is C1=C\Cc2c(ccc3c2oc2ccccc23)N(c2cc(-c3ccccc3)cc(-n3c4ccccc4c4c5ccccc5oc43)n2)N\C=C/1. The Labute approximate surface area is 275 Å². The largest absolute Gasteiger partial charge is 0.456 e. The minimum absolute atomic E-state index is 0.697. The van der Waals surface area contributed by atoms with Gasteiger partial charge in [-0.1, -0.05) is 97.1 Å². The van der Waals surface area contributed by atoms with Gasteiger partial charge in [-0.05, 0) is 66.1 Å². The van der Waals surface area contributed by atoms with Gasteiger partial charge >= 0.3 is 0 Å². The molecule has 0 atom stereocenters. The number of hydrogen-bond donors (Lipinski definition) is 1. The number of allylic oxidation sites excluding steroid dienone is 3. The number of fused-ring (bicyclic) bond motifs is 10. The summed E-state index contributed by atoms with van der Waals surface area (Å²) in [6, 6.07) is 43.9. The summed E-state index contributed by atoms with van der Waals surface area (Å²) in [5, 5.41) is 7.56. The van der Waals surface area contributed by atoms with Crippen molar-refractivity contribution in [2.24, 2.45) is 0 Å². The molecule has 0 amide bonds. The number of aromatic nitrogens is 2. The van der Waals surface area contributed by atoms with Crippen LogP contribution < -0.4 is 10.4 Å². The number of hydrogen-bond acceptors (Lipinski definition) is 5. The van der Waals surface area contributed by atoms with E-state index in [0.717, 1.165) is 88.9 Å². The third-order valence-electron chi connectivity index (χ3n) is 9.29. The molecule has 48 heavy (non-hydrogen) atoms. The van der Waals surface area contributed by atoms with Gasteiger partial charge in [0.1, 0.15) is 22.6 Å². The minimum atomic E-state index is 0.697. The van der Waals surface area contributed by atoms with Crippen molar-refractivity contribution in [1.82, 2.24) is 15.0 Å². The highest BCUT2D eigenvalue weighted by atomic mass is 16.3. The molecule has 4 aromatic heterocycles. The zero-order valence-corrected chi connectivity index (χ0v) is 25.8. The first-order chi connectivity index (χ1) is 23.8. The zero-order chi connectivity index (χ0) is 31.6. The number of nitrogens with zero attached hydrogens (tertiary/aromatic N) is 3. The first-order valence-electron chi connectivity index (χ1n) is 16.1. The quantitative estimate of drug-likeness (QED) is 0.213. The van der Waals surface area contributed by atoms with Gasteiger partial charge in [0.05, 0.1) is 16.6 Å². The molecule has 0 saturated heterocycles. The van der Waals surface area contributed by atoms with Crippen LogP contribution in [0.2, 0.25) is 0 Å². The van der Waals surface area contributed by atoms with E-state index in [4.69, 9.17) is 13.8 Å². The van der Waals surface area contributed by atoms with Crippen LogP contribution in [0.25, 0.3) is 71.9 Å². The van der Waals surface area contributed by atoms with E-state index >= 15 is 0 Å². The summed E-state index contributed by atoms with van der Waals surface area (Å²) >= 11 is 0. The molecule has 1 aliphatic heterocycles. The van der Waals surface area contributed by atoms with Crippen LogP contribution in [0.15, 0.2) is 161 Å². The average molecular weight is 621 g/mol. The van der Waals surface area contributed by atoms with E-state index in [1.807, 2.05) is 42.6 Å². The second kappa shape index (κ2) is 10.5. The molecule has 0 unspecified atom stereocenters. The lowest BCUT2D eigenvalue weighted by Crippen LogP contribution is -2.31. The number of pyridine rings is 1. The lowest BCUT2D eigenvalue weighted by molar-refractivity contribution is 0.643. The van der Waals surface area contributed by atoms with E-state index in [1.165, 1.54) is 0 Å². The Morgan fingerprint density at radius 1 is 0.604 bits per heavy atom. The fraction of sp³-hybridized carbons (Fsp3) is 0.0238. The maximum atomic E-state index is 6.60. The highest BCUT2D eigenvalue weighted by Crippen LogP contribution is 2.41. The first kappa shape index (κ1) is 26.7. The third kappa shape index (κ3) is 4.02. The van der Waals surface area contributed by atoms with E-state index < -0.39 is 0 Å². The lowest BCUT2D eigenvalue weighted by Gasteiger charge is -2.26. The molecule has 10 rings (SSSR count). The summed E-state index contributed by atoms with van der Waals surface area (Å²) < 4.78 is 15.3. The summed E-state index contributed by atoms with van der Waals surface area (Å²) in [6.07, 6.45) is 8.87. The molecule has 0 spiro atoms. The number of nitrogens with one attached hydrogen (secondary N) is 1. The molecule has 6 heteroatoms. The fourth-order valence-corrected chi connectivity index (χ4v) is 7.13. The highest BCUT2D eigenvalue weighted by Gasteiger charge is 2.24. The molecule has 1 N–H and O–H groups in total.